The van der Waals surface area contributed by atoms with E-state index in [0.29, 0.717) is 6.04 Å². The van der Waals surface area contributed by atoms with Gasteiger partial charge in [-0.3, -0.25) is 9.58 Å². The summed E-state index contributed by atoms with van der Waals surface area (Å²) in [5, 5.41) is 21.5. The highest BCUT2D eigenvalue weighted by Gasteiger charge is 2.25. The van der Waals surface area contributed by atoms with E-state index in [1.807, 2.05) is 20.2 Å². The van der Waals surface area contributed by atoms with E-state index in [2.05, 4.69) is 39.5 Å². The van der Waals surface area contributed by atoms with Crippen molar-refractivity contribution in [3.05, 3.63) is 18.0 Å². The van der Waals surface area contributed by atoms with Gasteiger partial charge in [-0.2, -0.15) is 5.10 Å². The van der Waals surface area contributed by atoms with Gasteiger partial charge in [0.05, 0.1) is 12.7 Å². The second-order valence-corrected chi connectivity index (χ2v) is 7.82. The summed E-state index contributed by atoms with van der Waals surface area (Å²) in [5.41, 5.74) is -0.263. The van der Waals surface area contributed by atoms with Crippen LogP contribution in [0.1, 0.15) is 46.1 Å². The van der Waals surface area contributed by atoms with Crippen molar-refractivity contribution in [1.29, 1.82) is 0 Å². The molecule has 2 atom stereocenters. The molecule has 148 valence electrons. The maximum atomic E-state index is 10.7. The summed E-state index contributed by atoms with van der Waals surface area (Å²) in [6, 6.07) is 0.463. The van der Waals surface area contributed by atoms with Crippen LogP contribution < -0.4 is 10.6 Å². The summed E-state index contributed by atoms with van der Waals surface area (Å²) < 4.78 is 1.69. The van der Waals surface area contributed by atoms with Gasteiger partial charge in [0.15, 0.2) is 5.96 Å². The molecular formula is C19H36N6O. The summed E-state index contributed by atoms with van der Waals surface area (Å²) >= 11 is 0. The van der Waals surface area contributed by atoms with Crippen molar-refractivity contribution in [3.63, 3.8) is 0 Å². The molecule has 2 unspecified atom stereocenters. The average Bonchev–Trinajstić information content (AvgIpc) is 3.05. The number of nitrogens with one attached hydrogen (secondary N) is 2. The van der Waals surface area contributed by atoms with Crippen LogP contribution in [0.15, 0.2) is 17.4 Å². The maximum absolute atomic E-state index is 10.7. The van der Waals surface area contributed by atoms with E-state index in [1.54, 1.807) is 17.8 Å². The molecule has 0 aromatic carbocycles. The van der Waals surface area contributed by atoms with Crippen molar-refractivity contribution in [2.75, 3.05) is 32.7 Å². The molecule has 0 aliphatic carbocycles. The van der Waals surface area contributed by atoms with Gasteiger partial charge in [-0.1, -0.05) is 6.92 Å². The van der Waals surface area contributed by atoms with Gasteiger partial charge in [-0.25, -0.2) is 4.99 Å². The van der Waals surface area contributed by atoms with Crippen molar-refractivity contribution in [3.8, 4) is 0 Å². The summed E-state index contributed by atoms with van der Waals surface area (Å²) in [6.07, 6.45) is 6.09. The Hall–Kier alpha value is -1.60. The molecule has 7 nitrogen and oxygen atoms in total. The Morgan fingerprint density at radius 2 is 2.12 bits per heavy atom. The number of nitrogens with zero attached hydrogens (tertiary/aromatic N) is 4. The Morgan fingerprint density at radius 1 is 1.42 bits per heavy atom. The predicted octanol–water partition coefficient (Wildman–Crippen LogP) is 1.30. The van der Waals surface area contributed by atoms with Gasteiger partial charge >= 0.3 is 0 Å². The Morgan fingerprint density at radius 3 is 2.69 bits per heavy atom. The minimum absolute atomic E-state index is 0.281. The lowest BCUT2D eigenvalue weighted by Gasteiger charge is -2.35. The minimum Gasteiger partial charge on any atom is -0.383 e. The van der Waals surface area contributed by atoms with Crippen LogP contribution in [0.25, 0.3) is 0 Å². The van der Waals surface area contributed by atoms with Gasteiger partial charge in [-0.05, 0) is 52.6 Å². The third kappa shape index (κ3) is 5.99. The van der Waals surface area contributed by atoms with Crippen LogP contribution in [0, 0.1) is 5.92 Å². The first kappa shape index (κ1) is 20.7. The van der Waals surface area contributed by atoms with Crippen LogP contribution in [0.4, 0.5) is 0 Å². The third-order valence-corrected chi connectivity index (χ3v) is 5.22. The Balaban J connectivity index is 1.89. The Bertz CT molecular complexity index is 574. The molecular weight excluding hydrogens is 328 g/mol. The van der Waals surface area contributed by atoms with E-state index >= 15 is 0 Å². The second kappa shape index (κ2) is 9.37. The molecule has 1 aromatic rings. The molecule has 26 heavy (non-hydrogen) atoms. The molecule has 1 aliphatic heterocycles. The maximum Gasteiger partial charge on any atom is 0.191 e. The monoisotopic (exact) mass is 364 g/mol. The molecule has 1 fully saturated rings. The van der Waals surface area contributed by atoms with Gasteiger partial charge in [0.25, 0.3) is 0 Å². The van der Waals surface area contributed by atoms with Crippen molar-refractivity contribution in [2.24, 2.45) is 18.0 Å². The lowest BCUT2D eigenvalue weighted by molar-refractivity contribution is 0.0671. The fourth-order valence-corrected chi connectivity index (χ4v) is 3.21. The Labute approximate surface area is 157 Å². The van der Waals surface area contributed by atoms with Gasteiger partial charge in [0.1, 0.15) is 5.60 Å². The molecule has 7 heteroatoms. The second-order valence-electron chi connectivity index (χ2n) is 7.82. The van der Waals surface area contributed by atoms with Crippen LogP contribution in [0.3, 0.4) is 0 Å². The number of aromatic nitrogens is 2. The van der Waals surface area contributed by atoms with E-state index in [9.17, 15) is 5.11 Å². The SMILES string of the molecule is CCNC(=NCC(C)(O)c1cnn(C)c1)NCC(C)N1CCC(C)CC1. The number of guanidine groups is 1. The zero-order chi connectivity index (χ0) is 19.2. The smallest absolute Gasteiger partial charge is 0.191 e. The number of hydrogen-bond donors (Lipinski definition) is 3. The van der Waals surface area contributed by atoms with Crippen molar-refractivity contribution < 1.29 is 5.11 Å². The normalized spacial score (nSPS) is 20.6. The highest BCUT2D eigenvalue weighted by atomic mass is 16.3. The summed E-state index contributed by atoms with van der Waals surface area (Å²) in [6.45, 7) is 12.7. The van der Waals surface area contributed by atoms with E-state index < -0.39 is 5.60 Å². The molecule has 1 aromatic heterocycles. The van der Waals surface area contributed by atoms with Gasteiger partial charge in [0.2, 0.25) is 0 Å². The van der Waals surface area contributed by atoms with Gasteiger partial charge in [0, 0.05) is 37.9 Å². The molecule has 2 heterocycles. The fraction of sp³-hybridized carbons (Fsp3) is 0.789. The first-order valence-corrected chi connectivity index (χ1v) is 9.79. The van der Waals surface area contributed by atoms with E-state index in [4.69, 9.17) is 0 Å². The quantitative estimate of drug-likeness (QED) is 0.502. The largest absolute Gasteiger partial charge is 0.383 e. The molecule has 0 spiro atoms. The number of aliphatic hydroxyl groups is 1. The molecule has 0 amide bonds. The highest BCUT2D eigenvalue weighted by molar-refractivity contribution is 5.79. The average molecular weight is 365 g/mol. The molecule has 0 radical (unpaired) electrons. The van der Waals surface area contributed by atoms with E-state index in [1.165, 1.54) is 25.9 Å². The van der Waals surface area contributed by atoms with Crippen molar-refractivity contribution in [1.82, 2.24) is 25.3 Å². The molecule has 1 saturated heterocycles. The first-order chi connectivity index (χ1) is 12.3. The predicted molar refractivity (Wildman–Crippen MR) is 106 cm³/mol. The standard InChI is InChI=1S/C19H36N6O/c1-6-20-18(21-11-16(3)25-9-7-15(2)8-10-25)22-14-19(4,26)17-12-23-24(5)13-17/h12-13,15-16,26H,6-11,14H2,1-5H3,(H2,20,21,22). The van der Waals surface area contributed by atoms with Crippen LogP contribution in [-0.4, -0.2) is 64.5 Å². The number of aliphatic imine (C=N–C) groups is 1. The zero-order valence-corrected chi connectivity index (χ0v) is 17.0. The zero-order valence-electron chi connectivity index (χ0n) is 17.0. The fourth-order valence-electron chi connectivity index (χ4n) is 3.21. The summed E-state index contributed by atoms with van der Waals surface area (Å²) in [4.78, 5) is 7.13. The topological polar surface area (TPSA) is 77.7 Å². The summed E-state index contributed by atoms with van der Waals surface area (Å²) in [5.74, 6) is 1.59. The van der Waals surface area contributed by atoms with Gasteiger partial charge < -0.3 is 15.7 Å². The highest BCUT2D eigenvalue weighted by Crippen LogP contribution is 2.20. The van der Waals surface area contributed by atoms with Crippen molar-refractivity contribution in [2.45, 2.75) is 52.2 Å². The number of piperidine rings is 1. The molecule has 2 rings (SSSR count). The number of aryl methyl sites for hydroxylation is 1. The lowest BCUT2D eigenvalue weighted by atomic mass is 9.98. The van der Waals surface area contributed by atoms with E-state index in [-0.39, 0.29) is 6.54 Å². The molecule has 1 aliphatic rings. The van der Waals surface area contributed by atoms with Crippen LogP contribution in [0.2, 0.25) is 0 Å². The van der Waals surface area contributed by atoms with Crippen LogP contribution in [-0.2, 0) is 12.6 Å². The number of hydrogen-bond acceptors (Lipinski definition) is 4. The molecule has 0 saturated carbocycles. The first-order valence-electron chi connectivity index (χ1n) is 9.79. The summed E-state index contributed by atoms with van der Waals surface area (Å²) in [7, 11) is 1.84. The number of rotatable bonds is 7. The van der Waals surface area contributed by atoms with Gasteiger partial charge in [-0.15, -0.1) is 0 Å². The third-order valence-electron chi connectivity index (χ3n) is 5.22. The van der Waals surface area contributed by atoms with Crippen LogP contribution in [0.5, 0.6) is 0 Å². The Kier molecular flexibility index (Phi) is 7.46. The van der Waals surface area contributed by atoms with E-state index in [0.717, 1.165) is 30.5 Å². The minimum atomic E-state index is -1.04. The molecule has 0 bridgehead atoms. The van der Waals surface area contributed by atoms with Crippen molar-refractivity contribution >= 4 is 5.96 Å². The number of likely N-dealkylation sites (tertiary alicyclic amines) is 1. The lowest BCUT2D eigenvalue weighted by Crippen LogP contribution is -2.48. The van der Waals surface area contributed by atoms with Crippen LogP contribution >= 0.6 is 0 Å². The molecule has 3 N–H and O–H groups in total.